The highest BCUT2D eigenvalue weighted by molar-refractivity contribution is 5.47. The van der Waals surface area contributed by atoms with Gasteiger partial charge in [0.05, 0.1) is 6.04 Å². The lowest BCUT2D eigenvalue weighted by Gasteiger charge is -2.39. The Morgan fingerprint density at radius 2 is 2.04 bits per heavy atom. The number of unbranched alkanes of at least 4 members (excludes halogenated alkanes) is 1. The molecule has 0 radical (unpaired) electrons. The lowest BCUT2D eigenvalue weighted by molar-refractivity contribution is 0.263. The van der Waals surface area contributed by atoms with Crippen LogP contribution >= 0.6 is 0 Å². The van der Waals surface area contributed by atoms with E-state index >= 15 is 0 Å². The Bertz CT molecular complexity index is 734. The van der Waals surface area contributed by atoms with E-state index in [-0.39, 0.29) is 5.41 Å². The Morgan fingerprint density at radius 3 is 2.65 bits per heavy atom. The Balaban J connectivity index is 2.35. The van der Waals surface area contributed by atoms with Crippen molar-refractivity contribution < 1.29 is 0 Å². The molecule has 1 heterocycles. The summed E-state index contributed by atoms with van der Waals surface area (Å²) < 4.78 is 0. The molecular formula is C25H35N. The van der Waals surface area contributed by atoms with Crippen LogP contribution in [0, 0.1) is 17.3 Å². The summed E-state index contributed by atoms with van der Waals surface area (Å²) in [4.78, 5) is 2.44. The molecule has 0 fully saturated rings. The third-order valence-corrected chi connectivity index (χ3v) is 5.04. The number of fused-ring (bicyclic) bond motifs is 1. The minimum Gasteiger partial charge on any atom is -0.364 e. The maximum atomic E-state index is 4.46. The van der Waals surface area contributed by atoms with E-state index in [4.69, 9.17) is 0 Å². The quantitative estimate of drug-likeness (QED) is 0.445. The molecule has 140 valence electrons. The number of benzene rings is 1. The topological polar surface area (TPSA) is 3.24 Å². The van der Waals surface area contributed by atoms with E-state index in [1.807, 2.05) is 0 Å². The standard InChI is InChI=1S/C25H35N/c1-8-10-11-13-22(18-25(5,6)7)19(3)26-17-16-24-21(9-2)14-12-15-23(24)20(26)4/h12,14-15,18,20H,3,8-10,16-17H2,1-2,4-7H3/b22-18+. The molecule has 1 aliphatic rings. The van der Waals surface area contributed by atoms with Crippen LogP contribution in [0.3, 0.4) is 0 Å². The van der Waals surface area contributed by atoms with Gasteiger partial charge in [-0.1, -0.05) is 77.3 Å². The minimum absolute atomic E-state index is 0.0888. The van der Waals surface area contributed by atoms with E-state index in [1.54, 1.807) is 5.56 Å². The number of rotatable bonds is 4. The van der Waals surface area contributed by atoms with Crippen molar-refractivity contribution >= 4 is 0 Å². The van der Waals surface area contributed by atoms with Gasteiger partial charge in [0.15, 0.2) is 0 Å². The molecule has 0 spiro atoms. The largest absolute Gasteiger partial charge is 0.364 e. The molecule has 1 aliphatic heterocycles. The number of allylic oxidation sites excluding steroid dienone is 2. The second-order valence-corrected chi connectivity index (χ2v) is 8.38. The van der Waals surface area contributed by atoms with Crippen LogP contribution in [0.4, 0.5) is 0 Å². The summed E-state index contributed by atoms with van der Waals surface area (Å²) in [5.74, 6) is 6.74. The van der Waals surface area contributed by atoms with E-state index in [0.717, 1.165) is 43.5 Å². The van der Waals surface area contributed by atoms with Gasteiger partial charge in [0.2, 0.25) is 0 Å². The summed E-state index contributed by atoms with van der Waals surface area (Å²) in [6, 6.07) is 7.10. The Hall–Kier alpha value is -1.94. The predicted octanol–water partition coefficient (Wildman–Crippen LogP) is 6.46. The third kappa shape index (κ3) is 4.82. The number of nitrogens with zero attached hydrogens (tertiary/aromatic N) is 1. The third-order valence-electron chi connectivity index (χ3n) is 5.04. The number of aryl methyl sites for hydroxylation is 1. The van der Waals surface area contributed by atoms with Crippen LogP contribution in [0.1, 0.15) is 77.1 Å². The maximum absolute atomic E-state index is 4.46. The van der Waals surface area contributed by atoms with E-state index in [1.165, 1.54) is 11.1 Å². The highest BCUT2D eigenvalue weighted by Gasteiger charge is 2.27. The summed E-state index contributed by atoms with van der Waals surface area (Å²) in [7, 11) is 0. The van der Waals surface area contributed by atoms with Crippen LogP contribution in [0.25, 0.3) is 0 Å². The monoisotopic (exact) mass is 349 g/mol. The second kappa shape index (κ2) is 8.63. The Labute approximate surface area is 161 Å². The fraction of sp³-hybridized carbons (Fsp3) is 0.520. The predicted molar refractivity (Wildman–Crippen MR) is 114 cm³/mol. The van der Waals surface area contributed by atoms with Crippen LogP contribution in [0.2, 0.25) is 0 Å². The van der Waals surface area contributed by atoms with Gasteiger partial charge in [0, 0.05) is 24.2 Å². The van der Waals surface area contributed by atoms with E-state index in [0.29, 0.717) is 6.04 Å². The summed E-state index contributed by atoms with van der Waals surface area (Å²) in [5, 5.41) is 0. The summed E-state index contributed by atoms with van der Waals surface area (Å²) in [6.07, 6.45) is 6.51. The van der Waals surface area contributed by atoms with Crippen molar-refractivity contribution in [2.45, 2.75) is 73.3 Å². The molecule has 1 unspecified atom stereocenters. The summed E-state index contributed by atoms with van der Waals surface area (Å²) in [5.41, 5.74) is 6.74. The SMILES string of the molecule is C=C(/C(C#CCCC)=C/C(C)(C)C)N1CCc2c(CC)cccc2C1C. The van der Waals surface area contributed by atoms with E-state index in [9.17, 15) is 0 Å². The number of hydrogen-bond acceptors (Lipinski definition) is 1. The molecule has 1 atom stereocenters. The zero-order chi connectivity index (χ0) is 19.3. The van der Waals surface area contributed by atoms with Gasteiger partial charge in [0.1, 0.15) is 0 Å². The maximum Gasteiger partial charge on any atom is 0.0517 e. The lowest BCUT2D eigenvalue weighted by atomic mass is 9.87. The second-order valence-electron chi connectivity index (χ2n) is 8.38. The van der Waals surface area contributed by atoms with Gasteiger partial charge < -0.3 is 4.90 Å². The van der Waals surface area contributed by atoms with Crippen molar-refractivity contribution in [1.29, 1.82) is 0 Å². The fourth-order valence-electron chi connectivity index (χ4n) is 3.71. The zero-order valence-electron chi connectivity index (χ0n) is 17.6. The molecular weight excluding hydrogens is 314 g/mol. The van der Waals surface area contributed by atoms with Gasteiger partial charge in [-0.05, 0) is 48.3 Å². The van der Waals surface area contributed by atoms with Crippen LogP contribution in [-0.4, -0.2) is 11.4 Å². The van der Waals surface area contributed by atoms with Crippen molar-refractivity contribution in [3.05, 3.63) is 58.8 Å². The number of hydrogen-bond donors (Lipinski definition) is 0. The molecule has 2 rings (SSSR count). The van der Waals surface area contributed by atoms with Crippen LogP contribution in [0.15, 0.2) is 42.1 Å². The average Bonchev–Trinajstić information content (AvgIpc) is 2.59. The first-order chi connectivity index (χ1) is 12.3. The smallest absolute Gasteiger partial charge is 0.0517 e. The first-order valence-corrected chi connectivity index (χ1v) is 10.1. The molecule has 1 nitrogen and oxygen atoms in total. The lowest BCUT2D eigenvalue weighted by Crippen LogP contribution is -2.34. The van der Waals surface area contributed by atoms with E-state index in [2.05, 4.69) is 89.1 Å². The van der Waals surface area contributed by atoms with Gasteiger partial charge >= 0.3 is 0 Å². The van der Waals surface area contributed by atoms with Crippen molar-refractivity contribution in [3.63, 3.8) is 0 Å². The fourth-order valence-corrected chi connectivity index (χ4v) is 3.71. The van der Waals surface area contributed by atoms with Gasteiger partial charge in [-0.2, -0.15) is 0 Å². The molecule has 0 N–H and O–H groups in total. The van der Waals surface area contributed by atoms with Crippen molar-refractivity contribution in [1.82, 2.24) is 4.90 Å². The molecule has 0 aromatic heterocycles. The van der Waals surface area contributed by atoms with Crippen molar-refractivity contribution in [3.8, 4) is 11.8 Å². The molecule has 0 aliphatic carbocycles. The highest BCUT2D eigenvalue weighted by atomic mass is 15.2. The molecule has 26 heavy (non-hydrogen) atoms. The van der Waals surface area contributed by atoms with Crippen LogP contribution in [0.5, 0.6) is 0 Å². The Kier molecular flexibility index (Phi) is 6.76. The van der Waals surface area contributed by atoms with Gasteiger partial charge in [-0.3, -0.25) is 0 Å². The highest BCUT2D eigenvalue weighted by Crippen LogP contribution is 2.36. The molecule has 0 bridgehead atoms. The molecule has 1 heteroatoms. The molecule has 0 saturated carbocycles. The molecule has 0 amide bonds. The minimum atomic E-state index is 0.0888. The van der Waals surface area contributed by atoms with Crippen LogP contribution in [-0.2, 0) is 12.8 Å². The van der Waals surface area contributed by atoms with Crippen molar-refractivity contribution in [2.24, 2.45) is 5.41 Å². The van der Waals surface area contributed by atoms with Gasteiger partial charge in [-0.15, -0.1) is 0 Å². The van der Waals surface area contributed by atoms with Gasteiger partial charge in [0.25, 0.3) is 0 Å². The average molecular weight is 350 g/mol. The first kappa shape index (κ1) is 20.4. The normalized spacial score (nSPS) is 17.4. The van der Waals surface area contributed by atoms with Gasteiger partial charge in [-0.25, -0.2) is 0 Å². The zero-order valence-corrected chi connectivity index (χ0v) is 17.6. The molecule has 1 aromatic carbocycles. The first-order valence-electron chi connectivity index (χ1n) is 10.1. The van der Waals surface area contributed by atoms with E-state index < -0.39 is 0 Å². The summed E-state index contributed by atoms with van der Waals surface area (Å²) >= 11 is 0. The van der Waals surface area contributed by atoms with Crippen molar-refractivity contribution in [2.75, 3.05) is 6.54 Å². The van der Waals surface area contributed by atoms with Crippen LogP contribution < -0.4 is 0 Å². The summed E-state index contributed by atoms with van der Waals surface area (Å²) in [6.45, 7) is 18.9. The molecule has 1 aromatic rings. The Morgan fingerprint density at radius 1 is 1.31 bits per heavy atom. The molecule has 0 saturated heterocycles.